The van der Waals surface area contributed by atoms with Crippen LogP contribution in [0.4, 0.5) is 0 Å². The van der Waals surface area contributed by atoms with Crippen molar-refractivity contribution >= 4 is 22.8 Å². The molecule has 2 heterocycles. The molecule has 166 valence electrons. The first kappa shape index (κ1) is 20.9. The molecule has 6 heteroatoms. The molecule has 1 N–H and O–H groups in total. The number of imidazole rings is 1. The van der Waals surface area contributed by atoms with Crippen molar-refractivity contribution < 1.29 is 9.59 Å². The van der Waals surface area contributed by atoms with Gasteiger partial charge >= 0.3 is 0 Å². The molecule has 5 rings (SSSR count). The predicted octanol–water partition coefficient (Wildman–Crippen LogP) is 4.50. The molecule has 1 aromatic heterocycles. The second-order valence-corrected chi connectivity index (χ2v) is 8.41. The summed E-state index contributed by atoms with van der Waals surface area (Å²) >= 11 is 0. The Morgan fingerprint density at radius 3 is 2.33 bits per heavy atom. The number of likely N-dealkylation sites (tertiary alicyclic amines) is 1. The normalized spacial score (nSPS) is 13.4. The van der Waals surface area contributed by atoms with Crippen LogP contribution in [0.1, 0.15) is 44.9 Å². The lowest BCUT2D eigenvalue weighted by Gasteiger charge is -2.15. The molecule has 1 aliphatic rings. The average molecular weight is 439 g/mol. The lowest BCUT2D eigenvalue weighted by atomic mass is 10.1. The van der Waals surface area contributed by atoms with Gasteiger partial charge in [0, 0.05) is 36.4 Å². The number of rotatable bonds is 5. The van der Waals surface area contributed by atoms with E-state index in [-0.39, 0.29) is 11.8 Å². The number of carbonyl (C=O) groups is 2. The van der Waals surface area contributed by atoms with Crippen LogP contribution in [0.3, 0.4) is 0 Å². The highest BCUT2D eigenvalue weighted by Crippen LogP contribution is 2.22. The van der Waals surface area contributed by atoms with Gasteiger partial charge in [0.1, 0.15) is 5.82 Å². The molecule has 0 radical (unpaired) electrons. The third kappa shape index (κ3) is 4.24. The highest BCUT2D eigenvalue weighted by molar-refractivity contribution is 5.97. The molecule has 0 atom stereocenters. The van der Waals surface area contributed by atoms with Gasteiger partial charge in [0.25, 0.3) is 11.8 Å². The van der Waals surface area contributed by atoms with Crippen molar-refractivity contribution in [2.45, 2.75) is 26.3 Å². The number of nitrogens with one attached hydrogen (secondary N) is 1. The number of benzene rings is 3. The quantitative estimate of drug-likeness (QED) is 0.499. The zero-order valence-corrected chi connectivity index (χ0v) is 18.6. The minimum atomic E-state index is -0.152. The second kappa shape index (κ2) is 8.90. The SMILES string of the molecule is Cc1nc2cc(C(=O)NCc3ccc(C(=O)N4CCCC4)cc3)ccc2n1-c1ccccc1. The first-order valence-electron chi connectivity index (χ1n) is 11.3. The van der Waals surface area contributed by atoms with Crippen LogP contribution in [-0.4, -0.2) is 39.4 Å². The van der Waals surface area contributed by atoms with E-state index in [1.807, 2.05) is 84.6 Å². The molecule has 3 aromatic carbocycles. The van der Waals surface area contributed by atoms with E-state index in [1.54, 1.807) is 0 Å². The average Bonchev–Trinajstić information content (AvgIpc) is 3.50. The zero-order chi connectivity index (χ0) is 22.8. The van der Waals surface area contributed by atoms with Crippen LogP contribution < -0.4 is 5.32 Å². The Morgan fingerprint density at radius 1 is 0.909 bits per heavy atom. The fourth-order valence-corrected chi connectivity index (χ4v) is 4.40. The number of amides is 2. The standard InChI is InChI=1S/C27H26N4O2/c1-19-29-24-17-22(13-14-25(24)31(19)23-7-3-2-4-8-23)26(32)28-18-20-9-11-21(12-10-20)27(33)30-15-5-6-16-30/h2-4,7-14,17H,5-6,15-16,18H2,1H3,(H,28,32). The summed E-state index contributed by atoms with van der Waals surface area (Å²) in [5.41, 5.74) is 5.01. The molecule has 1 fully saturated rings. The Hall–Kier alpha value is -3.93. The summed E-state index contributed by atoms with van der Waals surface area (Å²) in [6.07, 6.45) is 2.15. The molecular formula is C27H26N4O2. The van der Waals surface area contributed by atoms with Gasteiger partial charge in [-0.05, 0) is 67.8 Å². The van der Waals surface area contributed by atoms with Gasteiger partial charge in [-0.3, -0.25) is 14.2 Å². The Morgan fingerprint density at radius 2 is 1.61 bits per heavy atom. The van der Waals surface area contributed by atoms with Crippen LogP contribution >= 0.6 is 0 Å². The van der Waals surface area contributed by atoms with Gasteiger partial charge in [0.2, 0.25) is 0 Å². The van der Waals surface area contributed by atoms with Gasteiger partial charge in [0.05, 0.1) is 11.0 Å². The molecule has 6 nitrogen and oxygen atoms in total. The van der Waals surface area contributed by atoms with Gasteiger partial charge in [0.15, 0.2) is 0 Å². The topological polar surface area (TPSA) is 67.2 Å². The van der Waals surface area contributed by atoms with E-state index in [2.05, 4.69) is 14.9 Å². The fraction of sp³-hybridized carbons (Fsp3) is 0.222. The maximum Gasteiger partial charge on any atom is 0.253 e. The molecule has 0 saturated carbocycles. The van der Waals surface area contributed by atoms with Gasteiger partial charge in [-0.25, -0.2) is 4.98 Å². The summed E-state index contributed by atoms with van der Waals surface area (Å²) in [4.78, 5) is 31.8. The minimum Gasteiger partial charge on any atom is -0.348 e. The number of fused-ring (bicyclic) bond motifs is 1. The van der Waals surface area contributed by atoms with Gasteiger partial charge in [-0.2, -0.15) is 0 Å². The second-order valence-electron chi connectivity index (χ2n) is 8.41. The Balaban J connectivity index is 1.27. The Labute approximate surface area is 192 Å². The first-order chi connectivity index (χ1) is 16.1. The first-order valence-corrected chi connectivity index (χ1v) is 11.3. The maximum atomic E-state index is 12.8. The van der Waals surface area contributed by atoms with Crippen molar-refractivity contribution in [3.8, 4) is 5.69 Å². The number of hydrogen-bond donors (Lipinski definition) is 1. The minimum absolute atomic E-state index is 0.0848. The van der Waals surface area contributed by atoms with Crippen molar-refractivity contribution in [1.82, 2.24) is 19.8 Å². The van der Waals surface area contributed by atoms with E-state index in [0.717, 1.165) is 54.0 Å². The summed E-state index contributed by atoms with van der Waals surface area (Å²) in [7, 11) is 0. The predicted molar refractivity (Wildman–Crippen MR) is 129 cm³/mol. The lowest BCUT2D eigenvalue weighted by Crippen LogP contribution is -2.27. The van der Waals surface area contributed by atoms with Gasteiger partial charge in [-0.1, -0.05) is 30.3 Å². The largest absolute Gasteiger partial charge is 0.348 e. The van der Waals surface area contributed by atoms with Crippen LogP contribution in [0.5, 0.6) is 0 Å². The van der Waals surface area contributed by atoms with Crippen molar-refractivity contribution in [3.63, 3.8) is 0 Å². The van der Waals surface area contributed by atoms with E-state index >= 15 is 0 Å². The summed E-state index contributed by atoms with van der Waals surface area (Å²) in [6.45, 7) is 4.03. The van der Waals surface area contributed by atoms with E-state index in [0.29, 0.717) is 17.7 Å². The van der Waals surface area contributed by atoms with Crippen molar-refractivity contribution in [3.05, 3.63) is 95.3 Å². The Bertz CT molecular complexity index is 1300. The molecule has 0 unspecified atom stereocenters. The highest BCUT2D eigenvalue weighted by Gasteiger charge is 2.19. The molecule has 33 heavy (non-hydrogen) atoms. The summed E-state index contributed by atoms with van der Waals surface area (Å²) < 4.78 is 2.09. The van der Waals surface area contributed by atoms with E-state index in [1.165, 1.54) is 0 Å². The molecule has 1 aliphatic heterocycles. The smallest absolute Gasteiger partial charge is 0.253 e. The van der Waals surface area contributed by atoms with Crippen LogP contribution in [0.2, 0.25) is 0 Å². The van der Waals surface area contributed by atoms with Crippen LogP contribution in [0.25, 0.3) is 16.7 Å². The molecule has 0 aliphatic carbocycles. The van der Waals surface area contributed by atoms with E-state index in [4.69, 9.17) is 0 Å². The van der Waals surface area contributed by atoms with Crippen LogP contribution in [0.15, 0.2) is 72.8 Å². The van der Waals surface area contributed by atoms with E-state index < -0.39 is 0 Å². The van der Waals surface area contributed by atoms with Crippen molar-refractivity contribution in [1.29, 1.82) is 0 Å². The highest BCUT2D eigenvalue weighted by atomic mass is 16.2. The molecular weight excluding hydrogens is 412 g/mol. The maximum absolute atomic E-state index is 12.8. The third-order valence-corrected chi connectivity index (χ3v) is 6.15. The monoisotopic (exact) mass is 438 g/mol. The van der Waals surface area contributed by atoms with Crippen molar-refractivity contribution in [2.75, 3.05) is 13.1 Å². The molecule has 2 amide bonds. The number of aryl methyl sites for hydroxylation is 1. The molecule has 4 aromatic rings. The van der Waals surface area contributed by atoms with E-state index in [9.17, 15) is 9.59 Å². The summed E-state index contributed by atoms with van der Waals surface area (Å²) in [5, 5.41) is 2.97. The molecule has 0 spiro atoms. The van der Waals surface area contributed by atoms with Gasteiger partial charge < -0.3 is 10.2 Å². The number of carbonyl (C=O) groups excluding carboxylic acids is 2. The van der Waals surface area contributed by atoms with Crippen LogP contribution in [0, 0.1) is 6.92 Å². The Kier molecular flexibility index (Phi) is 5.65. The van der Waals surface area contributed by atoms with Gasteiger partial charge in [-0.15, -0.1) is 0 Å². The fourth-order valence-electron chi connectivity index (χ4n) is 4.40. The van der Waals surface area contributed by atoms with Crippen LogP contribution in [-0.2, 0) is 6.54 Å². The number of para-hydroxylation sites is 1. The lowest BCUT2D eigenvalue weighted by molar-refractivity contribution is 0.0792. The molecule has 0 bridgehead atoms. The number of hydrogen-bond acceptors (Lipinski definition) is 3. The summed E-state index contributed by atoms with van der Waals surface area (Å²) in [5.74, 6) is 0.806. The number of aromatic nitrogens is 2. The summed E-state index contributed by atoms with van der Waals surface area (Å²) in [6, 6.07) is 23.1. The molecule has 1 saturated heterocycles. The zero-order valence-electron chi connectivity index (χ0n) is 18.6. The number of nitrogens with zero attached hydrogens (tertiary/aromatic N) is 3. The third-order valence-electron chi connectivity index (χ3n) is 6.15. The van der Waals surface area contributed by atoms with Crippen molar-refractivity contribution in [2.24, 2.45) is 0 Å².